The van der Waals surface area contributed by atoms with Crippen LogP contribution in [-0.4, -0.2) is 25.3 Å². The van der Waals surface area contributed by atoms with E-state index < -0.39 is 0 Å². The fraction of sp³-hybridized carbons (Fsp3) is 0.714. The van der Waals surface area contributed by atoms with E-state index in [-0.39, 0.29) is 5.41 Å². The summed E-state index contributed by atoms with van der Waals surface area (Å²) >= 11 is 7.63. The maximum Gasteiger partial charge on any atom is 0.0931 e. The third-order valence-corrected chi connectivity index (χ3v) is 5.76. The van der Waals surface area contributed by atoms with Crippen LogP contribution in [0.25, 0.3) is 0 Å². The average molecular weight is 286 g/mol. The molecule has 2 heterocycles. The third kappa shape index (κ3) is 2.11. The van der Waals surface area contributed by atoms with Gasteiger partial charge >= 0.3 is 0 Å². The number of hydrogen-bond donors (Lipinski definition) is 1. The van der Waals surface area contributed by atoms with Crippen molar-refractivity contribution in [1.82, 2.24) is 5.32 Å². The molecule has 1 aromatic rings. The summed E-state index contributed by atoms with van der Waals surface area (Å²) in [5.74, 6) is 0.729. The molecular formula is C14H20ClNOS. The largest absolute Gasteiger partial charge is 0.377 e. The summed E-state index contributed by atoms with van der Waals surface area (Å²) in [6.07, 6.45) is 2.77. The molecule has 3 atom stereocenters. The van der Waals surface area contributed by atoms with Crippen LogP contribution in [0.2, 0.25) is 4.34 Å². The molecule has 0 amide bonds. The molecule has 100 valence electrons. The van der Waals surface area contributed by atoms with Crippen LogP contribution in [0, 0.1) is 11.3 Å². The highest BCUT2D eigenvalue weighted by Gasteiger charge is 2.58. The lowest BCUT2D eigenvalue weighted by Crippen LogP contribution is -2.66. The zero-order valence-electron chi connectivity index (χ0n) is 10.9. The Morgan fingerprint density at radius 1 is 1.50 bits per heavy atom. The highest BCUT2D eigenvalue weighted by atomic mass is 35.5. The molecule has 4 heteroatoms. The van der Waals surface area contributed by atoms with Crippen LogP contribution >= 0.6 is 22.9 Å². The molecule has 0 aromatic carbocycles. The number of hydrogen-bond acceptors (Lipinski definition) is 3. The van der Waals surface area contributed by atoms with Gasteiger partial charge in [-0.3, -0.25) is 0 Å². The van der Waals surface area contributed by atoms with Crippen LogP contribution in [0.4, 0.5) is 0 Å². The highest BCUT2D eigenvalue weighted by Crippen LogP contribution is 2.52. The maximum atomic E-state index is 5.94. The van der Waals surface area contributed by atoms with E-state index in [2.05, 4.69) is 25.2 Å². The molecule has 1 aliphatic heterocycles. The number of rotatable bonds is 4. The van der Waals surface area contributed by atoms with Crippen molar-refractivity contribution in [3.05, 3.63) is 21.3 Å². The van der Waals surface area contributed by atoms with Gasteiger partial charge in [-0.2, -0.15) is 0 Å². The van der Waals surface area contributed by atoms with Crippen molar-refractivity contribution in [1.29, 1.82) is 0 Å². The lowest BCUT2D eigenvalue weighted by atomic mass is 9.57. The minimum atomic E-state index is 0.286. The Morgan fingerprint density at radius 3 is 3.06 bits per heavy atom. The monoisotopic (exact) mass is 285 g/mol. The van der Waals surface area contributed by atoms with Gasteiger partial charge < -0.3 is 10.1 Å². The Kier molecular flexibility index (Phi) is 3.43. The zero-order chi connectivity index (χ0) is 12.8. The summed E-state index contributed by atoms with van der Waals surface area (Å²) < 4.78 is 6.70. The number of halogens is 1. The molecule has 1 aliphatic carbocycles. The molecule has 0 radical (unpaired) electrons. The smallest absolute Gasteiger partial charge is 0.0931 e. The van der Waals surface area contributed by atoms with Gasteiger partial charge in [0.05, 0.1) is 10.4 Å². The highest BCUT2D eigenvalue weighted by molar-refractivity contribution is 7.16. The molecule has 1 aromatic heterocycles. The summed E-state index contributed by atoms with van der Waals surface area (Å²) in [5.41, 5.74) is 0.286. The summed E-state index contributed by atoms with van der Waals surface area (Å²) in [4.78, 5) is 1.36. The molecule has 3 unspecified atom stereocenters. The summed E-state index contributed by atoms with van der Waals surface area (Å²) in [6, 6.07) is 4.72. The molecule has 0 bridgehead atoms. The van der Waals surface area contributed by atoms with Gasteiger partial charge in [-0.15, -0.1) is 11.3 Å². The van der Waals surface area contributed by atoms with Gasteiger partial charge in [0.25, 0.3) is 0 Å². The summed E-state index contributed by atoms with van der Waals surface area (Å²) in [7, 11) is 0. The van der Waals surface area contributed by atoms with E-state index in [1.165, 1.54) is 11.3 Å². The van der Waals surface area contributed by atoms with Gasteiger partial charge in [-0.1, -0.05) is 25.4 Å². The van der Waals surface area contributed by atoms with E-state index in [0.717, 1.165) is 29.8 Å². The van der Waals surface area contributed by atoms with Gasteiger partial charge in [0, 0.05) is 35.4 Å². The first-order chi connectivity index (χ1) is 8.59. The van der Waals surface area contributed by atoms with Crippen molar-refractivity contribution in [2.24, 2.45) is 11.3 Å². The van der Waals surface area contributed by atoms with Gasteiger partial charge in [-0.25, -0.2) is 0 Å². The topological polar surface area (TPSA) is 21.3 Å². The van der Waals surface area contributed by atoms with E-state index in [4.69, 9.17) is 16.3 Å². The second-order valence-electron chi connectivity index (χ2n) is 5.95. The molecule has 3 rings (SSSR count). The van der Waals surface area contributed by atoms with E-state index in [1.807, 2.05) is 6.07 Å². The first-order valence-corrected chi connectivity index (χ1v) is 7.87. The minimum Gasteiger partial charge on any atom is -0.377 e. The fourth-order valence-corrected chi connectivity index (χ4v) is 4.66. The molecule has 0 spiro atoms. The third-order valence-electron chi connectivity index (χ3n) is 4.46. The Labute approximate surface area is 118 Å². The Bertz CT molecular complexity index is 431. The van der Waals surface area contributed by atoms with Crippen molar-refractivity contribution in [2.45, 2.75) is 38.8 Å². The van der Waals surface area contributed by atoms with E-state index in [1.54, 1.807) is 11.3 Å². The molecule has 2 fully saturated rings. The normalized spacial score (nSPS) is 33.2. The van der Waals surface area contributed by atoms with Gasteiger partial charge in [0.15, 0.2) is 0 Å². The van der Waals surface area contributed by atoms with Crippen LogP contribution in [0.5, 0.6) is 0 Å². The van der Waals surface area contributed by atoms with Crippen molar-refractivity contribution < 1.29 is 4.74 Å². The van der Waals surface area contributed by atoms with Gasteiger partial charge in [0.2, 0.25) is 0 Å². The fourth-order valence-electron chi connectivity index (χ4n) is 3.58. The number of fused-ring (bicyclic) bond motifs is 1. The second-order valence-corrected chi connectivity index (χ2v) is 7.75. The van der Waals surface area contributed by atoms with Gasteiger partial charge in [-0.05, 0) is 25.0 Å². The minimum absolute atomic E-state index is 0.286. The van der Waals surface area contributed by atoms with Crippen LogP contribution < -0.4 is 5.32 Å². The molecule has 18 heavy (non-hydrogen) atoms. The molecular weight excluding hydrogens is 266 g/mol. The summed E-state index contributed by atoms with van der Waals surface area (Å²) in [5, 5.41) is 3.72. The molecule has 1 saturated heterocycles. The zero-order valence-corrected chi connectivity index (χ0v) is 12.5. The Balaban J connectivity index is 1.51. The predicted octanol–water partition coefficient (Wildman–Crippen LogP) is 3.35. The molecule has 2 aliphatic rings. The van der Waals surface area contributed by atoms with Crippen molar-refractivity contribution in [3.63, 3.8) is 0 Å². The lowest BCUT2D eigenvalue weighted by Gasteiger charge is -2.55. The van der Waals surface area contributed by atoms with Crippen molar-refractivity contribution >= 4 is 22.9 Å². The average Bonchev–Trinajstić information content (AvgIpc) is 2.92. The van der Waals surface area contributed by atoms with Crippen molar-refractivity contribution in [3.8, 4) is 0 Å². The Morgan fingerprint density at radius 2 is 2.33 bits per heavy atom. The van der Waals surface area contributed by atoms with E-state index in [9.17, 15) is 0 Å². The van der Waals surface area contributed by atoms with E-state index >= 15 is 0 Å². The van der Waals surface area contributed by atoms with Crippen LogP contribution in [0.1, 0.15) is 25.1 Å². The lowest BCUT2D eigenvalue weighted by molar-refractivity contribution is -0.112. The van der Waals surface area contributed by atoms with Crippen LogP contribution in [0.15, 0.2) is 12.1 Å². The predicted molar refractivity (Wildman–Crippen MR) is 76.5 cm³/mol. The number of ether oxygens (including phenoxy) is 1. The maximum absolute atomic E-state index is 5.94. The first kappa shape index (κ1) is 12.9. The molecule has 1 saturated carbocycles. The van der Waals surface area contributed by atoms with Crippen LogP contribution in [0.3, 0.4) is 0 Å². The van der Waals surface area contributed by atoms with Gasteiger partial charge in [0.1, 0.15) is 0 Å². The van der Waals surface area contributed by atoms with E-state index in [0.29, 0.717) is 12.1 Å². The summed E-state index contributed by atoms with van der Waals surface area (Å²) in [6.45, 7) is 6.62. The number of thiophene rings is 1. The first-order valence-electron chi connectivity index (χ1n) is 6.68. The second kappa shape index (κ2) is 4.78. The van der Waals surface area contributed by atoms with Crippen LogP contribution in [-0.2, 0) is 11.2 Å². The Hall–Kier alpha value is -0.0900. The quantitative estimate of drug-likeness (QED) is 0.916. The number of nitrogens with one attached hydrogen (secondary N) is 1. The molecule has 1 N–H and O–H groups in total. The standard InChI is InChI=1S/C14H20ClNOS/c1-14(2)12(10-6-8-17-13(10)14)16-7-5-9-3-4-11(15)18-9/h3-4,10,12-13,16H,5-8H2,1-2H3. The SMILES string of the molecule is CC1(C)C(NCCc2ccc(Cl)s2)C2CCOC21. The van der Waals surface area contributed by atoms with Crippen molar-refractivity contribution in [2.75, 3.05) is 13.2 Å². The molecule has 2 nitrogen and oxygen atoms in total.